The molecule has 3 aromatic heterocycles. The van der Waals surface area contributed by atoms with E-state index in [2.05, 4.69) is 25.4 Å². The fourth-order valence-corrected chi connectivity index (χ4v) is 3.13. The third kappa shape index (κ3) is 4.62. The van der Waals surface area contributed by atoms with E-state index in [-0.39, 0.29) is 18.6 Å². The van der Waals surface area contributed by atoms with E-state index in [9.17, 15) is 4.79 Å². The SMILES string of the molecule is Cc1cnc(-c2noc(C)c2COc2ccc(C(=O)NC3CCOCC3)cn2)cn1. The van der Waals surface area contributed by atoms with E-state index in [0.29, 0.717) is 41.8 Å². The Hall–Kier alpha value is -3.33. The van der Waals surface area contributed by atoms with Crippen molar-refractivity contribution in [1.82, 2.24) is 25.4 Å². The van der Waals surface area contributed by atoms with Crippen LogP contribution in [0.15, 0.2) is 35.2 Å². The van der Waals surface area contributed by atoms with Gasteiger partial charge in [0, 0.05) is 37.7 Å². The maximum atomic E-state index is 12.4. The lowest BCUT2D eigenvalue weighted by Gasteiger charge is -2.23. The summed E-state index contributed by atoms with van der Waals surface area (Å²) in [6.45, 7) is 5.24. The number of nitrogens with zero attached hydrogens (tertiary/aromatic N) is 4. The van der Waals surface area contributed by atoms with Crippen LogP contribution >= 0.6 is 0 Å². The number of aryl methyl sites for hydroxylation is 2. The second-order valence-electron chi connectivity index (χ2n) is 7.14. The number of carbonyl (C=O) groups excluding carboxylic acids is 1. The Labute approximate surface area is 173 Å². The summed E-state index contributed by atoms with van der Waals surface area (Å²) in [6, 6.07) is 3.51. The van der Waals surface area contributed by atoms with Crippen molar-refractivity contribution in [2.75, 3.05) is 13.2 Å². The van der Waals surface area contributed by atoms with Gasteiger partial charge in [-0.1, -0.05) is 5.16 Å². The molecule has 1 fully saturated rings. The van der Waals surface area contributed by atoms with Gasteiger partial charge in [-0.15, -0.1) is 0 Å². The molecule has 30 heavy (non-hydrogen) atoms. The number of hydrogen-bond acceptors (Lipinski definition) is 8. The van der Waals surface area contributed by atoms with Crippen molar-refractivity contribution in [2.24, 2.45) is 0 Å². The Morgan fingerprint density at radius 1 is 1.13 bits per heavy atom. The highest BCUT2D eigenvalue weighted by Crippen LogP contribution is 2.24. The van der Waals surface area contributed by atoms with Crippen LogP contribution in [0, 0.1) is 13.8 Å². The summed E-state index contributed by atoms with van der Waals surface area (Å²) in [5.74, 6) is 0.898. The lowest BCUT2D eigenvalue weighted by molar-refractivity contribution is 0.0696. The molecule has 3 aromatic rings. The minimum atomic E-state index is -0.143. The van der Waals surface area contributed by atoms with Crippen molar-refractivity contribution in [2.45, 2.75) is 39.3 Å². The van der Waals surface area contributed by atoms with Gasteiger partial charge in [-0.05, 0) is 32.8 Å². The number of ether oxygens (including phenoxy) is 2. The lowest BCUT2D eigenvalue weighted by Crippen LogP contribution is -2.38. The second-order valence-corrected chi connectivity index (χ2v) is 7.14. The fraction of sp³-hybridized carbons (Fsp3) is 0.381. The zero-order valence-electron chi connectivity index (χ0n) is 16.9. The molecular weight excluding hydrogens is 386 g/mol. The Kier molecular flexibility index (Phi) is 5.99. The third-order valence-corrected chi connectivity index (χ3v) is 4.93. The molecule has 0 radical (unpaired) electrons. The molecular formula is C21H23N5O4. The maximum Gasteiger partial charge on any atom is 0.253 e. The van der Waals surface area contributed by atoms with E-state index in [4.69, 9.17) is 14.0 Å². The smallest absolute Gasteiger partial charge is 0.253 e. The van der Waals surface area contributed by atoms with Gasteiger partial charge < -0.3 is 19.3 Å². The molecule has 4 heterocycles. The Morgan fingerprint density at radius 2 is 1.97 bits per heavy atom. The van der Waals surface area contributed by atoms with Crippen LogP contribution in [0.4, 0.5) is 0 Å². The van der Waals surface area contributed by atoms with E-state index < -0.39 is 0 Å². The van der Waals surface area contributed by atoms with E-state index in [1.807, 2.05) is 13.8 Å². The van der Waals surface area contributed by atoms with Gasteiger partial charge in [-0.25, -0.2) is 4.98 Å². The Morgan fingerprint density at radius 3 is 2.67 bits per heavy atom. The summed E-state index contributed by atoms with van der Waals surface area (Å²) >= 11 is 0. The van der Waals surface area contributed by atoms with E-state index in [1.54, 1.807) is 24.5 Å². The fourth-order valence-electron chi connectivity index (χ4n) is 3.13. The molecule has 156 valence electrons. The minimum Gasteiger partial charge on any atom is -0.473 e. The highest BCUT2D eigenvalue weighted by Gasteiger charge is 2.19. The normalized spacial score (nSPS) is 14.5. The second kappa shape index (κ2) is 9.00. The molecule has 1 aliphatic heterocycles. The first-order valence-corrected chi connectivity index (χ1v) is 9.82. The lowest BCUT2D eigenvalue weighted by atomic mass is 10.1. The molecule has 9 heteroatoms. The summed E-state index contributed by atoms with van der Waals surface area (Å²) < 4.78 is 16.4. The first kappa shape index (κ1) is 20.0. The summed E-state index contributed by atoms with van der Waals surface area (Å²) in [4.78, 5) is 25.2. The molecule has 0 aromatic carbocycles. The third-order valence-electron chi connectivity index (χ3n) is 4.93. The van der Waals surface area contributed by atoms with Crippen molar-refractivity contribution in [1.29, 1.82) is 0 Å². The zero-order chi connectivity index (χ0) is 20.9. The van der Waals surface area contributed by atoms with Crippen LogP contribution in [0.1, 0.15) is 40.2 Å². The van der Waals surface area contributed by atoms with E-state index >= 15 is 0 Å². The van der Waals surface area contributed by atoms with Gasteiger partial charge in [0.05, 0.1) is 23.0 Å². The van der Waals surface area contributed by atoms with Gasteiger partial charge in [-0.3, -0.25) is 14.8 Å². The summed E-state index contributed by atoms with van der Waals surface area (Å²) in [5.41, 5.74) is 3.29. The van der Waals surface area contributed by atoms with Crippen LogP contribution in [-0.2, 0) is 11.3 Å². The number of amides is 1. The largest absolute Gasteiger partial charge is 0.473 e. The standard InChI is InChI=1S/C21H23N5O4/c1-13-9-23-18(11-22-13)20-17(14(2)30-26-20)12-29-19-4-3-15(10-24-19)21(27)25-16-5-7-28-8-6-16/h3-4,9-11,16H,5-8,12H2,1-2H3,(H,25,27). The molecule has 0 saturated carbocycles. The molecule has 1 N–H and O–H groups in total. The predicted molar refractivity (Wildman–Crippen MR) is 107 cm³/mol. The van der Waals surface area contributed by atoms with Crippen LogP contribution in [0.3, 0.4) is 0 Å². The van der Waals surface area contributed by atoms with Gasteiger partial charge in [-0.2, -0.15) is 0 Å². The molecule has 1 saturated heterocycles. The maximum absolute atomic E-state index is 12.4. The molecule has 1 amide bonds. The van der Waals surface area contributed by atoms with Crippen LogP contribution < -0.4 is 10.1 Å². The highest BCUT2D eigenvalue weighted by molar-refractivity contribution is 5.94. The molecule has 9 nitrogen and oxygen atoms in total. The monoisotopic (exact) mass is 409 g/mol. The number of aromatic nitrogens is 4. The molecule has 0 aliphatic carbocycles. The first-order valence-electron chi connectivity index (χ1n) is 9.82. The number of hydrogen-bond donors (Lipinski definition) is 1. The van der Waals surface area contributed by atoms with Gasteiger partial charge in [0.1, 0.15) is 23.8 Å². The van der Waals surface area contributed by atoms with Crippen molar-refractivity contribution >= 4 is 5.91 Å². The van der Waals surface area contributed by atoms with E-state index in [0.717, 1.165) is 24.1 Å². The van der Waals surface area contributed by atoms with Crippen LogP contribution in [-0.4, -0.2) is 45.3 Å². The van der Waals surface area contributed by atoms with Gasteiger partial charge in [0.2, 0.25) is 5.88 Å². The summed E-state index contributed by atoms with van der Waals surface area (Å²) in [7, 11) is 0. The number of pyridine rings is 1. The Balaban J connectivity index is 1.39. The van der Waals surface area contributed by atoms with Crippen molar-refractivity contribution < 1.29 is 18.8 Å². The van der Waals surface area contributed by atoms with Crippen molar-refractivity contribution in [3.05, 3.63) is 53.3 Å². The average Bonchev–Trinajstić information content (AvgIpc) is 3.14. The topological polar surface area (TPSA) is 112 Å². The summed E-state index contributed by atoms with van der Waals surface area (Å²) in [6.07, 6.45) is 6.49. The number of rotatable bonds is 6. The van der Waals surface area contributed by atoms with Crippen molar-refractivity contribution in [3.63, 3.8) is 0 Å². The Bertz CT molecular complexity index is 995. The van der Waals surface area contributed by atoms with Crippen LogP contribution in [0.5, 0.6) is 5.88 Å². The van der Waals surface area contributed by atoms with Gasteiger partial charge >= 0.3 is 0 Å². The zero-order valence-corrected chi connectivity index (χ0v) is 16.9. The average molecular weight is 409 g/mol. The number of nitrogens with one attached hydrogen (secondary N) is 1. The molecule has 4 rings (SSSR count). The minimum absolute atomic E-state index is 0.141. The molecule has 0 bridgehead atoms. The quantitative estimate of drug-likeness (QED) is 0.661. The molecule has 1 aliphatic rings. The first-order chi connectivity index (χ1) is 14.6. The highest BCUT2D eigenvalue weighted by atomic mass is 16.5. The van der Waals surface area contributed by atoms with Gasteiger partial charge in [0.25, 0.3) is 5.91 Å². The summed E-state index contributed by atoms with van der Waals surface area (Å²) in [5, 5.41) is 7.09. The van der Waals surface area contributed by atoms with E-state index in [1.165, 1.54) is 6.20 Å². The van der Waals surface area contributed by atoms with Crippen LogP contribution in [0.25, 0.3) is 11.4 Å². The number of carbonyl (C=O) groups is 1. The predicted octanol–water partition coefficient (Wildman–Crippen LogP) is 2.63. The molecule has 0 unspecified atom stereocenters. The molecule has 0 spiro atoms. The van der Waals surface area contributed by atoms with Gasteiger partial charge in [0.15, 0.2) is 0 Å². The van der Waals surface area contributed by atoms with Crippen LogP contribution in [0.2, 0.25) is 0 Å². The van der Waals surface area contributed by atoms with Crippen molar-refractivity contribution in [3.8, 4) is 17.3 Å². The molecule has 0 atom stereocenters.